The standard InChI is InChI=1S/C23H26ClN3O4S/c24-19-5-3-17(4-6-19)16-25-32(30,31)20-7-8-21-18(15-20)11-14-27(21)23(29)10-9-22(28)26-12-1-2-13-26/h3-8,15,25H,1-2,9-14,16H2. The third kappa shape index (κ3) is 5.14. The minimum atomic E-state index is -3.70. The number of likely N-dealkylation sites (tertiary alicyclic amines) is 1. The number of nitrogens with zero attached hydrogens (tertiary/aromatic N) is 2. The number of nitrogens with one attached hydrogen (secondary N) is 1. The van der Waals surface area contributed by atoms with Gasteiger partial charge in [-0.15, -0.1) is 0 Å². The maximum absolute atomic E-state index is 12.7. The van der Waals surface area contributed by atoms with Gasteiger partial charge in [-0.2, -0.15) is 0 Å². The fourth-order valence-electron chi connectivity index (χ4n) is 4.14. The predicted molar refractivity (Wildman–Crippen MR) is 123 cm³/mol. The Kier molecular flexibility index (Phi) is 6.83. The zero-order valence-electron chi connectivity index (χ0n) is 17.7. The number of hydrogen-bond donors (Lipinski definition) is 1. The van der Waals surface area contributed by atoms with Crippen LogP contribution in [0.4, 0.5) is 5.69 Å². The van der Waals surface area contributed by atoms with E-state index < -0.39 is 10.0 Å². The molecule has 0 spiro atoms. The van der Waals surface area contributed by atoms with E-state index in [2.05, 4.69) is 4.72 Å². The van der Waals surface area contributed by atoms with Crippen molar-refractivity contribution in [2.24, 2.45) is 0 Å². The summed E-state index contributed by atoms with van der Waals surface area (Å²) < 4.78 is 28.1. The van der Waals surface area contributed by atoms with Gasteiger partial charge < -0.3 is 9.80 Å². The molecule has 2 aliphatic rings. The summed E-state index contributed by atoms with van der Waals surface area (Å²) >= 11 is 5.87. The molecule has 7 nitrogen and oxygen atoms in total. The van der Waals surface area contributed by atoms with Crippen LogP contribution in [0, 0.1) is 0 Å². The summed E-state index contributed by atoms with van der Waals surface area (Å²) in [5, 5.41) is 0.592. The topological polar surface area (TPSA) is 86.8 Å². The first kappa shape index (κ1) is 22.8. The molecule has 2 heterocycles. The Morgan fingerprint density at radius 3 is 2.34 bits per heavy atom. The molecule has 0 aliphatic carbocycles. The second-order valence-corrected chi connectivity index (χ2v) is 10.3. The predicted octanol–water partition coefficient (Wildman–Crippen LogP) is 3.11. The second kappa shape index (κ2) is 9.60. The second-order valence-electron chi connectivity index (χ2n) is 8.12. The highest BCUT2D eigenvalue weighted by Gasteiger charge is 2.27. The first-order valence-corrected chi connectivity index (χ1v) is 12.6. The number of anilines is 1. The van der Waals surface area contributed by atoms with Crippen molar-refractivity contribution in [1.82, 2.24) is 9.62 Å². The Labute approximate surface area is 193 Å². The zero-order chi connectivity index (χ0) is 22.7. The number of halogens is 1. The molecule has 0 bridgehead atoms. The third-order valence-electron chi connectivity index (χ3n) is 5.95. The van der Waals surface area contributed by atoms with E-state index in [0.29, 0.717) is 18.0 Å². The number of hydrogen-bond acceptors (Lipinski definition) is 4. The minimum absolute atomic E-state index is 0.0310. The molecule has 0 atom stereocenters. The third-order valence-corrected chi connectivity index (χ3v) is 7.60. The summed E-state index contributed by atoms with van der Waals surface area (Å²) in [6, 6.07) is 11.8. The summed E-state index contributed by atoms with van der Waals surface area (Å²) in [7, 11) is -3.70. The van der Waals surface area contributed by atoms with Gasteiger partial charge in [0.15, 0.2) is 0 Å². The Bertz CT molecular complexity index is 1110. The summed E-state index contributed by atoms with van der Waals surface area (Å²) in [6.45, 7) is 2.21. The molecular weight excluding hydrogens is 450 g/mol. The zero-order valence-corrected chi connectivity index (χ0v) is 19.3. The number of sulfonamides is 1. The summed E-state index contributed by atoms with van der Waals surface area (Å²) in [4.78, 5) is 28.6. The van der Waals surface area contributed by atoms with Gasteiger partial charge in [-0.05, 0) is 60.7 Å². The molecule has 1 saturated heterocycles. The van der Waals surface area contributed by atoms with Crippen molar-refractivity contribution in [1.29, 1.82) is 0 Å². The van der Waals surface area contributed by atoms with Crippen LogP contribution < -0.4 is 9.62 Å². The van der Waals surface area contributed by atoms with Crippen LogP contribution in [0.2, 0.25) is 5.02 Å². The van der Waals surface area contributed by atoms with Crippen LogP contribution in [0.3, 0.4) is 0 Å². The number of rotatable bonds is 7. The SMILES string of the molecule is O=C(CCC(=O)N1CCc2cc(S(=O)(=O)NCc3ccc(Cl)cc3)ccc21)N1CCCC1. The number of fused-ring (bicyclic) bond motifs is 1. The Morgan fingerprint density at radius 1 is 0.938 bits per heavy atom. The van der Waals surface area contributed by atoms with Crippen molar-refractivity contribution in [3.05, 3.63) is 58.6 Å². The van der Waals surface area contributed by atoms with Gasteiger partial charge in [-0.1, -0.05) is 23.7 Å². The van der Waals surface area contributed by atoms with Crippen LogP contribution in [0.1, 0.15) is 36.8 Å². The van der Waals surface area contributed by atoms with Crippen LogP contribution in [0.25, 0.3) is 0 Å². The van der Waals surface area contributed by atoms with E-state index in [9.17, 15) is 18.0 Å². The molecule has 0 saturated carbocycles. The van der Waals surface area contributed by atoms with Crippen molar-refractivity contribution in [3.63, 3.8) is 0 Å². The van der Waals surface area contributed by atoms with E-state index in [1.54, 1.807) is 41.3 Å². The average molecular weight is 476 g/mol. The number of benzene rings is 2. The number of amides is 2. The normalized spacial score (nSPS) is 15.8. The highest BCUT2D eigenvalue weighted by molar-refractivity contribution is 7.89. The molecule has 1 N–H and O–H groups in total. The van der Waals surface area contributed by atoms with Gasteiger partial charge in [0.25, 0.3) is 0 Å². The molecular formula is C23H26ClN3O4S. The number of carbonyl (C=O) groups excluding carboxylic acids is 2. The molecule has 2 aromatic carbocycles. The molecule has 2 aliphatic heterocycles. The quantitative estimate of drug-likeness (QED) is 0.666. The van der Waals surface area contributed by atoms with E-state index in [4.69, 9.17) is 11.6 Å². The van der Waals surface area contributed by atoms with Crippen LogP contribution in [0.5, 0.6) is 0 Å². The molecule has 0 radical (unpaired) electrons. The van der Waals surface area contributed by atoms with E-state index in [1.165, 1.54) is 6.07 Å². The van der Waals surface area contributed by atoms with Crippen LogP contribution >= 0.6 is 11.6 Å². The van der Waals surface area contributed by atoms with Gasteiger partial charge in [0.1, 0.15) is 0 Å². The molecule has 2 amide bonds. The Balaban J connectivity index is 1.38. The molecule has 170 valence electrons. The Hall–Kier alpha value is -2.42. The Morgan fingerprint density at radius 2 is 1.62 bits per heavy atom. The van der Waals surface area contributed by atoms with E-state index >= 15 is 0 Å². The molecule has 0 aromatic heterocycles. The molecule has 0 unspecified atom stereocenters. The maximum atomic E-state index is 12.7. The van der Waals surface area contributed by atoms with Gasteiger partial charge in [0.05, 0.1) is 4.90 Å². The minimum Gasteiger partial charge on any atom is -0.343 e. The summed E-state index contributed by atoms with van der Waals surface area (Å²) in [5.41, 5.74) is 2.35. The smallest absolute Gasteiger partial charge is 0.240 e. The first-order valence-electron chi connectivity index (χ1n) is 10.8. The lowest BCUT2D eigenvalue weighted by molar-refractivity contribution is -0.132. The molecule has 9 heteroatoms. The lowest BCUT2D eigenvalue weighted by Gasteiger charge is -2.19. The fourth-order valence-corrected chi connectivity index (χ4v) is 5.34. The van der Waals surface area contributed by atoms with Crippen LogP contribution in [-0.4, -0.2) is 44.8 Å². The van der Waals surface area contributed by atoms with Crippen molar-refractivity contribution in [2.45, 2.75) is 43.5 Å². The molecule has 4 rings (SSSR count). The fraction of sp³-hybridized carbons (Fsp3) is 0.391. The van der Waals surface area contributed by atoms with Crippen LogP contribution in [0.15, 0.2) is 47.4 Å². The van der Waals surface area contributed by atoms with Gasteiger partial charge >= 0.3 is 0 Å². The van der Waals surface area contributed by atoms with Gasteiger partial charge in [0, 0.05) is 49.7 Å². The maximum Gasteiger partial charge on any atom is 0.240 e. The lowest BCUT2D eigenvalue weighted by Crippen LogP contribution is -2.32. The van der Waals surface area contributed by atoms with E-state index in [-0.39, 0.29) is 36.1 Å². The first-order chi connectivity index (χ1) is 15.3. The highest BCUT2D eigenvalue weighted by atomic mass is 35.5. The van der Waals surface area contributed by atoms with Crippen molar-refractivity contribution >= 4 is 39.1 Å². The van der Waals surface area contributed by atoms with Crippen molar-refractivity contribution in [3.8, 4) is 0 Å². The summed E-state index contributed by atoms with van der Waals surface area (Å²) in [6.07, 6.45) is 3.02. The molecule has 1 fully saturated rings. The largest absolute Gasteiger partial charge is 0.343 e. The van der Waals surface area contributed by atoms with Crippen LogP contribution in [-0.2, 0) is 32.6 Å². The monoisotopic (exact) mass is 475 g/mol. The van der Waals surface area contributed by atoms with E-state index in [0.717, 1.165) is 42.7 Å². The average Bonchev–Trinajstić information content (AvgIpc) is 3.46. The highest BCUT2D eigenvalue weighted by Crippen LogP contribution is 2.31. The summed E-state index contributed by atoms with van der Waals surface area (Å²) in [5.74, 6) is -0.0729. The van der Waals surface area contributed by atoms with Crippen molar-refractivity contribution in [2.75, 3.05) is 24.5 Å². The van der Waals surface area contributed by atoms with Gasteiger partial charge in [0.2, 0.25) is 21.8 Å². The van der Waals surface area contributed by atoms with Gasteiger partial charge in [-0.25, -0.2) is 13.1 Å². The molecule has 32 heavy (non-hydrogen) atoms. The van der Waals surface area contributed by atoms with Crippen molar-refractivity contribution < 1.29 is 18.0 Å². The van der Waals surface area contributed by atoms with E-state index in [1.807, 2.05) is 4.90 Å². The van der Waals surface area contributed by atoms with Gasteiger partial charge in [-0.3, -0.25) is 9.59 Å². The molecule has 2 aromatic rings. The number of carbonyl (C=O) groups is 2. The lowest BCUT2D eigenvalue weighted by atomic mass is 10.2.